The van der Waals surface area contributed by atoms with Crippen LogP contribution in [0.5, 0.6) is 5.75 Å². The van der Waals surface area contributed by atoms with Crippen molar-refractivity contribution in [1.29, 1.82) is 0 Å². The van der Waals surface area contributed by atoms with Crippen molar-refractivity contribution in [2.75, 3.05) is 6.61 Å². The highest BCUT2D eigenvalue weighted by atomic mass is 32.1. The number of aryl methyl sites for hydroxylation is 2. The fraction of sp³-hybridized carbons (Fsp3) is 0.739. The first-order chi connectivity index (χ1) is 13.1. The highest BCUT2D eigenvalue weighted by Gasteiger charge is 2.30. The van der Waals surface area contributed by atoms with Gasteiger partial charge in [-0.2, -0.15) is 17.0 Å². The summed E-state index contributed by atoms with van der Waals surface area (Å²) in [5.74, 6) is 1.15. The van der Waals surface area contributed by atoms with Gasteiger partial charge in [0, 0.05) is 5.25 Å². The Morgan fingerprint density at radius 1 is 0.926 bits per heavy atom. The Kier molecular flexibility index (Phi) is 6.31. The summed E-state index contributed by atoms with van der Waals surface area (Å²) in [4.78, 5) is 0. The maximum absolute atomic E-state index is 14.4. The number of fused-ring (bicyclic) bond motifs is 1. The molecule has 3 aliphatic rings. The van der Waals surface area contributed by atoms with Gasteiger partial charge in [0.25, 0.3) is 0 Å². The summed E-state index contributed by atoms with van der Waals surface area (Å²) < 4.78 is 34.0. The largest absolute Gasteiger partial charge is 0.490 e. The third-order valence-electron chi connectivity index (χ3n) is 7.27. The van der Waals surface area contributed by atoms with Gasteiger partial charge < -0.3 is 4.74 Å². The summed E-state index contributed by atoms with van der Waals surface area (Å²) >= 11 is 4.62. The van der Waals surface area contributed by atoms with Crippen LogP contribution in [0, 0.1) is 29.4 Å². The molecule has 1 heterocycles. The summed E-state index contributed by atoms with van der Waals surface area (Å²) in [6.45, 7) is 0.488. The molecular formula is C23H32F2OS. The van der Waals surface area contributed by atoms with Crippen molar-refractivity contribution in [2.45, 2.75) is 82.3 Å². The molecule has 4 rings (SSSR count). The fourth-order valence-corrected chi connectivity index (χ4v) is 5.86. The minimum absolute atomic E-state index is 0.152. The van der Waals surface area contributed by atoms with E-state index in [2.05, 4.69) is 12.6 Å². The van der Waals surface area contributed by atoms with Gasteiger partial charge in [-0.3, -0.25) is 0 Å². The molecule has 0 amide bonds. The number of benzene rings is 1. The summed E-state index contributed by atoms with van der Waals surface area (Å²) in [6, 6.07) is 1.86. The first-order valence-electron chi connectivity index (χ1n) is 10.9. The molecule has 1 aromatic rings. The first-order valence-corrected chi connectivity index (χ1v) is 11.4. The maximum atomic E-state index is 14.4. The average molecular weight is 395 g/mol. The zero-order valence-corrected chi connectivity index (χ0v) is 17.1. The quantitative estimate of drug-likeness (QED) is 0.572. The van der Waals surface area contributed by atoms with E-state index < -0.39 is 11.6 Å². The van der Waals surface area contributed by atoms with Crippen LogP contribution in [0.3, 0.4) is 0 Å². The van der Waals surface area contributed by atoms with Gasteiger partial charge in [-0.25, -0.2) is 4.39 Å². The third kappa shape index (κ3) is 4.46. The van der Waals surface area contributed by atoms with Gasteiger partial charge in [-0.05, 0) is 99.2 Å². The van der Waals surface area contributed by atoms with Crippen LogP contribution in [0.1, 0.15) is 75.3 Å². The van der Waals surface area contributed by atoms with Crippen molar-refractivity contribution in [3.8, 4) is 5.75 Å². The standard InChI is InChI=1S/C23H32F2OS/c24-21-18(14-19-2-1-13-26-23(19)22(21)25)8-5-15-3-6-16(7-4-15)17-9-11-20(27)12-10-17/h14-17,20,27H,1-13H2. The van der Waals surface area contributed by atoms with Crippen molar-refractivity contribution in [3.63, 3.8) is 0 Å². The molecule has 0 unspecified atom stereocenters. The van der Waals surface area contributed by atoms with E-state index >= 15 is 0 Å². The molecule has 0 bridgehead atoms. The van der Waals surface area contributed by atoms with Gasteiger partial charge in [0.1, 0.15) is 0 Å². The predicted octanol–water partition coefficient (Wildman–Crippen LogP) is 6.52. The van der Waals surface area contributed by atoms with E-state index in [1.165, 1.54) is 51.4 Å². The Hall–Kier alpha value is -0.770. The van der Waals surface area contributed by atoms with Crippen LogP contribution < -0.4 is 4.74 Å². The summed E-state index contributed by atoms with van der Waals surface area (Å²) in [7, 11) is 0. The highest BCUT2D eigenvalue weighted by molar-refractivity contribution is 7.80. The van der Waals surface area contributed by atoms with E-state index in [0.29, 0.717) is 29.8 Å². The molecule has 1 aliphatic heterocycles. The molecule has 4 heteroatoms. The molecule has 2 fully saturated rings. The zero-order chi connectivity index (χ0) is 18.8. The lowest BCUT2D eigenvalue weighted by Crippen LogP contribution is -2.26. The van der Waals surface area contributed by atoms with Gasteiger partial charge >= 0.3 is 0 Å². The monoisotopic (exact) mass is 394 g/mol. The lowest BCUT2D eigenvalue weighted by molar-refractivity contribution is 0.165. The SMILES string of the molecule is Fc1c(CCC2CCC(C3CCC(S)CC3)CC2)cc2c(c1F)OCCC2. The van der Waals surface area contributed by atoms with Gasteiger partial charge in [0.15, 0.2) is 11.6 Å². The normalized spacial score (nSPS) is 31.2. The van der Waals surface area contributed by atoms with Crippen molar-refractivity contribution in [1.82, 2.24) is 0 Å². The van der Waals surface area contributed by atoms with Gasteiger partial charge in [0.2, 0.25) is 5.82 Å². The second-order valence-corrected chi connectivity index (χ2v) is 9.72. The Balaban J connectivity index is 1.30. The Bertz CT molecular complexity index is 646. The molecule has 0 radical (unpaired) electrons. The summed E-state index contributed by atoms with van der Waals surface area (Å²) in [6.07, 6.45) is 13.7. The molecule has 1 nitrogen and oxygen atoms in total. The van der Waals surface area contributed by atoms with E-state index in [1.54, 1.807) is 0 Å². The second kappa shape index (κ2) is 8.71. The van der Waals surface area contributed by atoms with E-state index in [9.17, 15) is 8.78 Å². The average Bonchev–Trinajstić information content (AvgIpc) is 2.71. The lowest BCUT2D eigenvalue weighted by Gasteiger charge is -2.37. The summed E-state index contributed by atoms with van der Waals surface area (Å²) in [5.41, 5.74) is 1.39. The van der Waals surface area contributed by atoms with Crippen LogP contribution in [0.15, 0.2) is 6.07 Å². The number of ether oxygens (including phenoxy) is 1. The van der Waals surface area contributed by atoms with Crippen molar-refractivity contribution in [3.05, 3.63) is 28.8 Å². The molecule has 1 aromatic carbocycles. The number of hydrogen-bond acceptors (Lipinski definition) is 2. The Morgan fingerprint density at radius 3 is 2.30 bits per heavy atom. The van der Waals surface area contributed by atoms with Crippen molar-refractivity contribution >= 4 is 12.6 Å². The lowest BCUT2D eigenvalue weighted by atomic mass is 9.70. The van der Waals surface area contributed by atoms with E-state index in [1.807, 2.05) is 6.07 Å². The number of thiol groups is 1. The number of halogens is 2. The predicted molar refractivity (Wildman–Crippen MR) is 109 cm³/mol. The van der Waals surface area contributed by atoms with Crippen molar-refractivity contribution < 1.29 is 13.5 Å². The topological polar surface area (TPSA) is 9.23 Å². The van der Waals surface area contributed by atoms with Gasteiger partial charge in [-0.15, -0.1) is 0 Å². The molecule has 27 heavy (non-hydrogen) atoms. The zero-order valence-electron chi connectivity index (χ0n) is 16.2. The fourth-order valence-electron chi connectivity index (χ4n) is 5.56. The number of rotatable bonds is 4. The van der Waals surface area contributed by atoms with Crippen LogP contribution in [-0.2, 0) is 12.8 Å². The molecule has 0 atom stereocenters. The van der Waals surface area contributed by atoms with E-state index in [-0.39, 0.29) is 5.75 Å². The highest BCUT2D eigenvalue weighted by Crippen LogP contribution is 2.42. The Morgan fingerprint density at radius 2 is 1.59 bits per heavy atom. The Labute approximate surface area is 167 Å². The van der Waals surface area contributed by atoms with Crippen LogP contribution in [0.4, 0.5) is 8.78 Å². The number of hydrogen-bond donors (Lipinski definition) is 1. The minimum Gasteiger partial charge on any atom is -0.490 e. The van der Waals surface area contributed by atoms with Gasteiger partial charge in [0.05, 0.1) is 6.61 Å². The second-order valence-electron chi connectivity index (χ2n) is 8.99. The summed E-state index contributed by atoms with van der Waals surface area (Å²) in [5, 5.41) is 0.620. The smallest absolute Gasteiger partial charge is 0.201 e. The molecule has 0 N–H and O–H groups in total. The first kappa shape index (κ1) is 19.5. The third-order valence-corrected chi connectivity index (χ3v) is 7.79. The van der Waals surface area contributed by atoms with Gasteiger partial charge in [-0.1, -0.05) is 12.8 Å². The van der Waals surface area contributed by atoms with Crippen molar-refractivity contribution in [2.24, 2.45) is 17.8 Å². The van der Waals surface area contributed by atoms with Crippen LogP contribution >= 0.6 is 12.6 Å². The maximum Gasteiger partial charge on any atom is 0.201 e. The molecular weight excluding hydrogens is 362 g/mol. The molecule has 150 valence electrons. The molecule has 0 spiro atoms. The minimum atomic E-state index is -0.772. The molecule has 2 aliphatic carbocycles. The van der Waals surface area contributed by atoms with E-state index in [4.69, 9.17) is 4.74 Å². The van der Waals surface area contributed by atoms with Crippen LogP contribution in [0.25, 0.3) is 0 Å². The molecule has 2 saturated carbocycles. The van der Waals surface area contributed by atoms with Crippen LogP contribution in [-0.4, -0.2) is 11.9 Å². The van der Waals surface area contributed by atoms with E-state index in [0.717, 1.165) is 36.7 Å². The molecule has 0 saturated heterocycles. The van der Waals surface area contributed by atoms with Crippen LogP contribution in [0.2, 0.25) is 0 Å². The molecule has 0 aromatic heterocycles.